The number of primary amides is 1. The summed E-state index contributed by atoms with van der Waals surface area (Å²) >= 11 is 2.68. The number of amides is 3. The number of para-hydroxylation sites is 2. The summed E-state index contributed by atoms with van der Waals surface area (Å²) in [6.07, 6.45) is 0.138. The number of thioether (sulfide) groups is 1. The molecule has 0 aliphatic carbocycles. The lowest BCUT2D eigenvalue weighted by Crippen LogP contribution is -2.60. The van der Waals surface area contributed by atoms with E-state index in [0.717, 1.165) is 10.6 Å². The summed E-state index contributed by atoms with van der Waals surface area (Å²) in [7, 11) is 0. The molecule has 3 N–H and O–H groups in total. The molecule has 148 valence electrons. The SMILES string of the molecule is Cc1nc(SC(C)C(=O)N2c3ccccc3NC(=O)C2(C)C)sc1CC(N)=O. The van der Waals surface area contributed by atoms with Gasteiger partial charge in [-0.05, 0) is 39.8 Å². The van der Waals surface area contributed by atoms with Crippen LogP contribution in [0, 0.1) is 6.92 Å². The van der Waals surface area contributed by atoms with Crippen molar-refractivity contribution in [1.82, 2.24) is 4.98 Å². The minimum absolute atomic E-state index is 0.138. The molecule has 0 radical (unpaired) electrons. The third kappa shape index (κ3) is 3.77. The van der Waals surface area contributed by atoms with Gasteiger partial charge in [0.15, 0.2) is 4.34 Å². The van der Waals surface area contributed by atoms with Crippen molar-refractivity contribution in [3.63, 3.8) is 0 Å². The van der Waals surface area contributed by atoms with Crippen LogP contribution in [0.1, 0.15) is 31.3 Å². The number of hydrogen-bond acceptors (Lipinski definition) is 6. The number of thiazole rings is 1. The summed E-state index contributed by atoms with van der Waals surface area (Å²) in [5, 5.41) is 2.39. The maximum Gasteiger partial charge on any atom is 0.250 e. The van der Waals surface area contributed by atoms with Crippen molar-refractivity contribution in [2.24, 2.45) is 5.73 Å². The maximum absolute atomic E-state index is 13.3. The van der Waals surface area contributed by atoms with E-state index in [-0.39, 0.29) is 18.2 Å². The smallest absolute Gasteiger partial charge is 0.250 e. The molecule has 1 aliphatic rings. The minimum atomic E-state index is -1.02. The molecule has 1 atom stereocenters. The predicted octanol–water partition coefficient (Wildman–Crippen LogP) is 2.72. The van der Waals surface area contributed by atoms with Crippen LogP contribution in [0.3, 0.4) is 0 Å². The lowest BCUT2D eigenvalue weighted by Gasteiger charge is -2.43. The highest BCUT2D eigenvalue weighted by molar-refractivity contribution is 8.02. The summed E-state index contributed by atoms with van der Waals surface area (Å²) in [6, 6.07) is 7.26. The molecular formula is C19H22N4O3S2. The zero-order valence-corrected chi connectivity index (χ0v) is 17.7. The molecule has 3 amide bonds. The van der Waals surface area contributed by atoms with Gasteiger partial charge in [-0.25, -0.2) is 4.98 Å². The number of fused-ring (bicyclic) bond motifs is 1. The first-order valence-corrected chi connectivity index (χ1v) is 10.5. The summed E-state index contributed by atoms with van der Waals surface area (Å²) in [6.45, 7) is 7.07. The number of aryl methyl sites for hydroxylation is 1. The van der Waals surface area contributed by atoms with Gasteiger partial charge in [-0.15, -0.1) is 11.3 Å². The number of rotatable bonds is 5. The first kappa shape index (κ1) is 20.3. The van der Waals surface area contributed by atoms with Crippen LogP contribution in [-0.4, -0.2) is 33.5 Å². The molecule has 28 heavy (non-hydrogen) atoms. The molecule has 2 heterocycles. The molecule has 0 spiro atoms. The Morgan fingerprint density at radius 1 is 1.36 bits per heavy atom. The lowest BCUT2D eigenvalue weighted by molar-refractivity contribution is -0.126. The van der Waals surface area contributed by atoms with Crippen molar-refractivity contribution in [3.05, 3.63) is 34.8 Å². The third-order valence-corrected chi connectivity index (χ3v) is 6.90. The van der Waals surface area contributed by atoms with E-state index in [4.69, 9.17) is 5.73 Å². The molecule has 0 fully saturated rings. The molecule has 2 aromatic rings. The Bertz CT molecular complexity index is 954. The Morgan fingerprint density at radius 3 is 2.71 bits per heavy atom. The van der Waals surface area contributed by atoms with E-state index in [0.29, 0.717) is 15.7 Å². The molecule has 1 unspecified atom stereocenters. The van der Waals surface area contributed by atoms with Gasteiger partial charge in [0.2, 0.25) is 17.7 Å². The van der Waals surface area contributed by atoms with E-state index in [9.17, 15) is 14.4 Å². The Hall–Kier alpha value is -2.39. The summed E-state index contributed by atoms with van der Waals surface area (Å²) in [5.74, 6) is -0.822. The van der Waals surface area contributed by atoms with Gasteiger partial charge in [0, 0.05) is 4.88 Å². The Kier molecular flexibility index (Phi) is 5.49. The number of nitrogens with two attached hydrogens (primary N) is 1. The van der Waals surface area contributed by atoms with Gasteiger partial charge >= 0.3 is 0 Å². The molecule has 0 saturated heterocycles. The Balaban J connectivity index is 1.86. The van der Waals surface area contributed by atoms with E-state index >= 15 is 0 Å². The van der Waals surface area contributed by atoms with Gasteiger partial charge in [-0.3, -0.25) is 19.3 Å². The number of aromatic nitrogens is 1. The van der Waals surface area contributed by atoms with Crippen LogP contribution < -0.4 is 16.0 Å². The van der Waals surface area contributed by atoms with Crippen LogP contribution in [0.4, 0.5) is 11.4 Å². The molecule has 1 aromatic heterocycles. The van der Waals surface area contributed by atoms with Crippen LogP contribution in [0.2, 0.25) is 0 Å². The molecule has 3 rings (SSSR count). The first-order chi connectivity index (χ1) is 13.1. The molecule has 1 aliphatic heterocycles. The average molecular weight is 419 g/mol. The molecule has 0 saturated carbocycles. The van der Waals surface area contributed by atoms with Gasteiger partial charge in [-0.2, -0.15) is 0 Å². The normalized spacial score (nSPS) is 16.3. The van der Waals surface area contributed by atoms with Gasteiger partial charge in [0.1, 0.15) is 5.54 Å². The summed E-state index contributed by atoms with van der Waals surface area (Å²) in [5.41, 5.74) is 6.29. The fraction of sp³-hybridized carbons (Fsp3) is 0.368. The third-order valence-electron chi connectivity index (χ3n) is 4.56. The van der Waals surface area contributed by atoms with Crippen LogP contribution in [0.5, 0.6) is 0 Å². The molecule has 0 bridgehead atoms. The zero-order chi connectivity index (χ0) is 20.6. The number of nitrogens with one attached hydrogen (secondary N) is 1. The van der Waals surface area contributed by atoms with E-state index in [1.165, 1.54) is 23.1 Å². The highest BCUT2D eigenvalue weighted by atomic mass is 32.2. The monoisotopic (exact) mass is 418 g/mol. The van der Waals surface area contributed by atoms with Gasteiger partial charge in [0.05, 0.1) is 28.7 Å². The summed E-state index contributed by atoms with van der Waals surface area (Å²) < 4.78 is 0.696. The molecule has 7 nitrogen and oxygen atoms in total. The largest absolute Gasteiger partial charge is 0.369 e. The fourth-order valence-corrected chi connectivity index (χ4v) is 5.43. The van der Waals surface area contributed by atoms with Crippen LogP contribution in [-0.2, 0) is 20.8 Å². The number of carbonyl (C=O) groups is 3. The van der Waals surface area contributed by atoms with Crippen molar-refractivity contribution in [3.8, 4) is 0 Å². The van der Waals surface area contributed by atoms with Crippen molar-refractivity contribution in [2.75, 3.05) is 10.2 Å². The fourth-order valence-electron chi connectivity index (χ4n) is 3.00. The molecule has 1 aromatic carbocycles. The van der Waals surface area contributed by atoms with Crippen molar-refractivity contribution in [2.45, 2.75) is 49.2 Å². The number of carbonyl (C=O) groups excluding carboxylic acids is 3. The van der Waals surface area contributed by atoms with Gasteiger partial charge in [-0.1, -0.05) is 23.9 Å². The second kappa shape index (κ2) is 7.56. The van der Waals surface area contributed by atoms with Crippen molar-refractivity contribution < 1.29 is 14.4 Å². The van der Waals surface area contributed by atoms with Gasteiger partial charge < -0.3 is 11.1 Å². The van der Waals surface area contributed by atoms with Crippen molar-refractivity contribution in [1.29, 1.82) is 0 Å². The number of hydrogen-bond donors (Lipinski definition) is 2. The number of anilines is 2. The van der Waals surface area contributed by atoms with E-state index in [1.54, 1.807) is 31.7 Å². The number of nitrogens with zero attached hydrogens (tertiary/aromatic N) is 2. The lowest BCUT2D eigenvalue weighted by atomic mass is 9.96. The van der Waals surface area contributed by atoms with Crippen LogP contribution in [0.15, 0.2) is 28.6 Å². The second-order valence-corrected chi connectivity index (χ2v) is 9.77. The maximum atomic E-state index is 13.3. The summed E-state index contributed by atoms with van der Waals surface area (Å²) in [4.78, 5) is 43.9. The minimum Gasteiger partial charge on any atom is -0.369 e. The first-order valence-electron chi connectivity index (χ1n) is 8.77. The van der Waals surface area contributed by atoms with E-state index in [2.05, 4.69) is 10.3 Å². The molecule has 9 heteroatoms. The Labute approximate surface area is 171 Å². The van der Waals surface area contributed by atoms with Crippen LogP contribution >= 0.6 is 23.1 Å². The standard InChI is InChI=1S/C19H22N4O3S2/c1-10-14(9-15(20)24)28-18(21-10)27-11(2)16(25)23-13-8-6-5-7-12(13)22-17(26)19(23,3)4/h5-8,11H,9H2,1-4H3,(H2,20,24)(H,22,26). The van der Waals surface area contributed by atoms with Crippen molar-refractivity contribution >= 4 is 52.2 Å². The van der Waals surface area contributed by atoms with E-state index < -0.39 is 16.7 Å². The molecular weight excluding hydrogens is 396 g/mol. The quantitative estimate of drug-likeness (QED) is 0.727. The zero-order valence-electron chi connectivity index (χ0n) is 16.1. The Morgan fingerprint density at radius 2 is 2.04 bits per heavy atom. The topological polar surface area (TPSA) is 105 Å². The predicted molar refractivity (Wildman–Crippen MR) is 112 cm³/mol. The highest BCUT2D eigenvalue weighted by Gasteiger charge is 2.44. The number of benzene rings is 1. The average Bonchev–Trinajstić information content (AvgIpc) is 2.93. The highest BCUT2D eigenvalue weighted by Crippen LogP contribution is 2.39. The van der Waals surface area contributed by atoms with Gasteiger partial charge in [0.25, 0.3) is 0 Å². The second-order valence-electron chi connectivity index (χ2n) is 7.10. The van der Waals surface area contributed by atoms with E-state index in [1.807, 2.05) is 25.1 Å². The van der Waals surface area contributed by atoms with Crippen LogP contribution in [0.25, 0.3) is 0 Å².